The van der Waals surface area contributed by atoms with Crippen molar-refractivity contribution in [2.24, 2.45) is 11.5 Å². The van der Waals surface area contributed by atoms with Crippen LogP contribution in [0.1, 0.15) is 11.1 Å². The summed E-state index contributed by atoms with van der Waals surface area (Å²) in [7, 11) is -9.25. The van der Waals surface area contributed by atoms with Crippen LogP contribution in [0, 0.1) is 0 Å². The second-order valence-electron chi connectivity index (χ2n) is 5.66. The highest BCUT2D eigenvalue weighted by Gasteiger charge is 2.29. The highest BCUT2D eigenvalue weighted by atomic mass is 32.2. The lowest BCUT2D eigenvalue weighted by atomic mass is 10.1. The Labute approximate surface area is 155 Å². The van der Waals surface area contributed by atoms with Gasteiger partial charge in [0, 0.05) is 0 Å². The van der Waals surface area contributed by atoms with Gasteiger partial charge in [-0.1, -0.05) is 0 Å². The molecule has 0 fully saturated rings. The van der Waals surface area contributed by atoms with Gasteiger partial charge in [0.25, 0.3) is 20.2 Å². The molecule has 0 aliphatic heterocycles. The van der Waals surface area contributed by atoms with Gasteiger partial charge >= 0.3 is 0 Å². The predicted octanol–water partition coefficient (Wildman–Crippen LogP) is 0.341. The largest absolute Gasteiger partial charge is 0.477 e. The van der Waals surface area contributed by atoms with Gasteiger partial charge in [-0.25, -0.2) is 0 Å². The molecule has 2 aromatic carbocycles. The molecule has 0 saturated heterocycles. The second kappa shape index (κ2) is 6.74. The van der Waals surface area contributed by atoms with Gasteiger partial charge in [-0.15, -0.1) is 0 Å². The number of benzene rings is 2. The molecule has 2 aromatic rings. The summed E-state index contributed by atoms with van der Waals surface area (Å²) in [5.74, 6) is -0.250. The quantitative estimate of drug-likeness (QED) is 0.323. The van der Waals surface area contributed by atoms with E-state index in [9.17, 15) is 25.9 Å². The van der Waals surface area contributed by atoms with Gasteiger partial charge in [0.1, 0.15) is 34.8 Å². The average molecular weight is 416 g/mol. The molecule has 10 nitrogen and oxygen atoms in total. The Bertz CT molecular complexity index is 1040. The van der Waals surface area contributed by atoms with E-state index in [0.29, 0.717) is 28.7 Å². The minimum atomic E-state index is -4.62. The lowest BCUT2D eigenvalue weighted by molar-refractivity contribution is 0.319. The van der Waals surface area contributed by atoms with Crippen LogP contribution in [0.2, 0.25) is 0 Å². The monoisotopic (exact) mass is 416 g/mol. The number of ether oxygens (including phenoxy) is 2. The van der Waals surface area contributed by atoms with E-state index < -0.39 is 30.0 Å². The lowest BCUT2D eigenvalue weighted by Crippen LogP contribution is -2.11. The van der Waals surface area contributed by atoms with Gasteiger partial charge < -0.3 is 9.47 Å². The van der Waals surface area contributed by atoms with Gasteiger partial charge in [0.05, 0.1) is 0 Å². The van der Waals surface area contributed by atoms with E-state index in [2.05, 4.69) is 0 Å². The van der Waals surface area contributed by atoms with E-state index in [1.807, 2.05) is 0 Å². The molecule has 0 spiro atoms. The molecule has 27 heavy (non-hydrogen) atoms. The number of fused-ring (bicyclic) bond motifs is 3. The van der Waals surface area contributed by atoms with Crippen molar-refractivity contribution >= 4 is 20.2 Å². The summed E-state index contributed by atoms with van der Waals surface area (Å²) in [4.78, 5) is -1.01. The average Bonchev–Trinajstić information content (AvgIpc) is 2.88. The van der Waals surface area contributed by atoms with Crippen LogP contribution in [-0.4, -0.2) is 39.4 Å². The van der Waals surface area contributed by atoms with E-state index >= 15 is 0 Å². The Morgan fingerprint density at radius 3 is 1.44 bits per heavy atom. The van der Waals surface area contributed by atoms with Crippen LogP contribution in [0.4, 0.5) is 0 Å². The normalized spacial score (nSPS) is 13.2. The third-order valence-electron chi connectivity index (χ3n) is 4.04. The van der Waals surface area contributed by atoms with Crippen molar-refractivity contribution < 1.29 is 35.4 Å². The Balaban J connectivity index is 2.27. The molecular formula is C15H16N2O8S2. The zero-order valence-electron chi connectivity index (χ0n) is 13.7. The van der Waals surface area contributed by atoms with Gasteiger partial charge in [-0.2, -0.15) is 16.8 Å². The van der Waals surface area contributed by atoms with E-state index in [4.69, 9.17) is 20.9 Å². The van der Waals surface area contributed by atoms with Crippen molar-refractivity contribution in [1.29, 1.82) is 0 Å². The van der Waals surface area contributed by atoms with Crippen LogP contribution in [0.3, 0.4) is 0 Å². The SMILES string of the molecule is NCOc1cc2c(cc1S(=O)(=O)O)-c1cc(S(=O)(=O)O)c(OCN)cc1C2. The molecule has 0 aromatic heterocycles. The molecular weight excluding hydrogens is 400 g/mol. The zero-order valence-corrected chi connectivity index (χ0v) is 15.4. The molecule has 12 heteroatoms. The first-order valence-electron chi connectivity index (χ1n) is 7.51. The van der Waals surface area contributed by atoms with Gasteiger partial charge in [-0.3, -0.25) is 20.6 Å². The maximum Gasteiger partial charge on any atom is 0.298 e. The molecule has 0 radical (unpaired) electrons. The summed E-state index contributed by atoms with van der Waals surface area (Å²) >= 11 is 0. The first-order valence-corrected chi connectivity index (χ1v) is 10.4. The topological polar surface area (TPSA) is 179 Å². The van der Waals surface area contributed by atoms with Crippen LogP contribution in [-0.2, 0) is 26.7 Å². The van der Waals surface area contributed by atoms with Crippen LogP contribution in [0.5, 0.6) is 11.5 Å². The summed E-state index contributed by atoms with van der Waals surface area (Å²) in [5.41, 5.74) is 12.6. The van der Waals surface area contributed by atoms with Crippen LogP contribution < -0.4 is 20.9 Å². The third-order valence-corrected chi connectivity index (χ3v) is 5.79. The van der Waals surface area contributed by atoms with Gasteiger partial charge in [0.2, 0.25) is 0 Å². The lowest BCUT2D eigenvalue weighted by Gasteiger charge is -2.12. The highest BCUT2D eigenvalue weighted by Crippen LogP contribution is 2.44. The summed E-state index contributed by atoms with van der Waals surface area (Å²) in [6.45, 7) is -0.620. The molecule has 0 heterocycles. The van der Waals surface area contributed by atoms with E-state index in [1.54, 1.807) is 0 Å². The molecule has 6 N–H and O–H groups in total. The molecule has 1 aliphatic carbocycles. The third kappa shape index (κ3) is 3.63. The summed E-state index contributed by atoms with van der Waals surface area (Å²) in [6.07, 6.45) is 0.310. The fourth-order valence-electron chi connectivity index (χ4n) is 3.01. The van der Waals surface area contributed by atoms with Crippen LogP contribution in [0.15, 0.2) is 34.1 Å². The van der Waals surface area contributed by atoms with Crippen molar-refractivity contribution in [3.05, 3.63) is 35.4 Å². The Morgan fingerprint density at radius 1 is 0.778 bits per heavy atom. The molecule has 3 rings (SSSR count). The number of rotatable bonds is 6. The Hall–Kier alpha value is -2.22. The maximum atomic E-state index is 11.7. The summed E-state index contributed by atoms with van der Waals surface area (Å²) in [6, 6.07) is 5.14. The number of hydrogen-bond donors (Lipinski definition) is 4. The molecule has 0 bridgehead atoms. The minimum absolute atomic E-state index is 0.125. The molecule has 0 unspecified atom stereocenters. The molecule has 146 valence electrons. The van der Waals surface area contributed by atoms with E-state index in [0.717, 1.165) is 0 Å². The van der Waals surface area contributed by atoms with Crippen LogP contribution in [0.25, 0.3) is 11.1 Å². The fraction of sp³-hybridized carbons (Fsp3) is 0.200. The fourth-order valence-corrected chi connectivity index (χ4v) is 4.29. The predicted molar refractivity (Wildman–Crippen MR) is 93.7 cm³/mol. The van der Waals surface area contributed by atoms with E-state index in [1.165, 1.54) is 24.3 Å². The number of hydrogen-bond acceptors (Lipinski definition) is 8. The molecule has 0 saturated carbocycles. The Kier molecular flexibility index (Phi) is 4.88. The maximum absolute atomic E-state index is 11.7. The van der Waals surface area contributed by atoms with Crippen molar-refractivity contribution in [3.63, 3.8) is 0 Å². The minimum Gasteiger partial charge on any atom is -0.477 e. The summed E-state index contributed by atoms with van der Waals surface area (Å²) in [5, 5.41) is 0. The highest BCUT2D eigenvalue weighted by molar-refractivity contribution is 7.86. The first kappa shape index (κ1) is 19.5. The second-order valence-corrected chi connectivity index (χ2v) is 8.44. The molecule has 1 aliphatic rings. The smallest absolute Gasteiger partial charge is 0.298 e. The van der Waals surface area contributed by atoms with Crippen LogP contribution >= 0.6 is 0 Å². The van der Waals surface area contributed by atoms with Crippen molar-refractivity contribution in [2.75, 3.05) is 13.5 Å². The van der Waals surface area contributed by atoms with Gasteiger partial charge in [0.15, 0.2) is 0 Å². The molecule has 0 atom stereocenters. The first-order chi connectivity index (χ1) is 12.6. The summed E-state index contributed by atoms with van der Waals surface area (Å²) < 4.78 is 75.8. The van der Waals surface area contributed by atoms with E-state index in [-0.39, 0.29) is 25.0 Å². The van der Waals surface area contributed by atoms with Gasteiger partial charge in [-0.05, 0) is 52.9 Å². The molecule has 0 amide bonds. The standard InChI is InChI=1S/C15H16N2O8S2/c16-6-24-12-2-8-1-9-3-13(25-7-17)15(27(21,22)23)5-11(9)10(8)4-14(12)26(18,19)20/h2-5H,1,6-7,16-17H2,(H,18,19,20)(H,21,22,23). The number of nitrogens with two attached hydrogens (primary N) is 2. The van der Waals surface area contributed by atoms with Crippen molar-refractivity contribution in [1.82, 2.24) is 0 Å². The van der Waals surface area contributed by atoms with Crippen molar-refractivity contribution in [3.8, 4) is 22.6 Å². The Morgan fingerprint density at radius 2 is 1.15 bits per heavy atom. The van der Waals surface area contributed by atoms with Crippen molar-refractivity contribution in [2.45, 2.75) is 16.2 Å². The zero-order chi connectivity index (χ0) is 20.0.